The Morgan fingerprint density at radius 1 is 0.781 bits per heavy atom. The SMILES string of the molecule is OCC1O[C@@H](c2c(O)cc(O)c3c2O[C@H](c2ccc(O)c(O)c2)[C@H](O)C3)C(O)[C@@H](O)[C@H]1O. The molecule has 2 aromatic rings. The number of aromatic hydroxyl groups is 4. The van der Waals surface area contributed by atoms with Crippen LogP contribution in [-0.4, -0.2) is 83.1 Å². The van der Waals surface area contributed by atoms with Gasteiger partial charge in [-0.15, -0.1) is 0 Å². The molecular weight excluding hydrogens is 428 g/mol. The summed E-state index contributed by atoms with van der Waals surface area (Å²) in [5.41, 5.74) is 0.220. The van der Waals surface area contributed by atoms with E-state index in [-0.39, 0.29) is 34.6 Å². The fourth-order valence-electron chi connectivity index (χ4n) is 4.17. The van der Waals surface area contributed by atoms with Gasteiger partial charge in [-0.2, -0.15) is 0 Å². The van der Waals surface area contributed by atoms with Crippen LogP contribution in [0.2, 0.25) is 0 Å². The maximum absolute atomic E-state index is 10.6. The Morgan fingerprint density at radius 3 is 2.16 bits per heavy atom. The zero-order chi connectivity index (χ0) is 23.3. The minimum Gasteiger partial charge on any atom is -0.507 e. The molecule has 2 heterocycles. The predicted octanol–water partition coefficient (Wildman–Crippen LogP) is -0.939. The maximum Gasteiger partial charge on any atom is 0.157 e. The van der Waals surface area contributed by atoms with E-state index >= 15 is 0 Å². The van der Waals surface area contributed by atoms with Gasteiger partial charge in [-0.3, -0.25) is 0 Å². The highest BCUT2D eigenvalue weighted by Crippen LogP contribution is 2.50. The molecular formula is C21H24O11. The molecule has 0 aromatic heterocycles. The van der Waals surface area contributed by atoms with Crippen molar-refractivity contribution in [3.63, 3.8) is 0 Å². The van der Waals surface area contributed by atoms with E-state index in [4.69, 9.17) is 9.47 Å². The topological polar surface area (TPSA) is 201 Å². The summed E-state index contributed by atoms with van der Waals surface area (Å²) in [6, 6.07) is 4.77. The number of hydrogen-bond donors (Lipinski definition) is 9. The Kier molecular flexibility index (Phi) is 5.79. The van der Waals surface area contributed by atoms with Gasteiger partial charge in [0.25, 0.3) is 0 Å². The van der Waals surface area contributed by atoms with Gasteiger partial charge in [0.15, 0.2) is 11.5 Å². The van der Waals surface area contributed by atoms with E-state index in [1.807, 2.05) is 0 Å². The minimum absolute atomic E-state index is 0.0986. The average Bonchev–Trinajstić information content (AvgIpc) is 2.75. The molecule has 0 aliphatic carbocycles. The van der Waals surface area contributed by atoms with Crippen molar-refractivity contribution >= 4 is 0 Å². The number of aliphatic hydroxyl groups excluding tert-OH is 5. The van der Waals surface area contributed by atoms with Gasteiger partial charge in [0.1, 0.15) is 53.9 Å². The number of phenolic OH excluding ortho intramolecular Hbond substituents is 4. The Morgan fingerprint density at radius 2 is 1.50 bits per heavy atom. The molecule has 11 heteroatoms. The molecule has 32 heavy (non-hydrogen) atoms. The molecule has 0 radical (unpaired) electrons. The van der Waals surface area contributed by atoms with Gasteiger partial charge in [-0.1, -0.05) is 6.07 Å². The molecule has 174 valence electrons. The second-order valence-electron chi connectivity index (χ2n) is 7.94. The Hall–Kier alpha value is -2.80. The Bertz CT molecular complexity index is 1010. The highest BCUT2D eigenvalue weighted by atomic mass is 16.5. The fourth-order valence-corrected chi connectivity index (χ4v) is 4.17. The molecule has 4 rings (SSSR count). The molecule has 7 atom stereocenters. The first-order valence-corrected chi connectivity index (χ1v) is 9.88. The monoisotopic (exact) mass is 452 g/mol. The smallest absolute Gasteiger partial charge is 0.157 e. The van der Waals surface area contributed by atoms with Crippen molar-refractivity contribution in [2.75, 3.05) is 6.61 Å². The van der Waals surface area contributed by atoms with Crippen LogP contribution in [-0.2, 0) is 11.2 Å². The second-order valence-corrected chi connectivity index (χ2v) is 7.94. The van der Waals surface area contributed by atoms with Crippen LogP contribution in [0.3, 0.4) is 0 Å². The van der Waals surface area contributed by atoms with Crippen LogP contribution in [0.25, 0.3) is 0 Å². The molecule has 1 fully saturated rings. The van der Waals surface area contributed by atoms with Gasteiger partial charge in [0.2, 0.25) is 0 Å². The summed E-state index contributed by atoms with van der Waals surface area (Å²) in [6.45, 7) is -0.683. The van der Waals surface area contributed by atoms with Crippen LogP contribution in [0, 0.1) is 0 Å². The van der Waals surface area contributed by atoms with Gasteiger partial charge < -0.3 is 55.4 Å². The fraction of sp³-hybridized carbons (Fsp3) is 0.429. The predicted molar refractivity (Wildman–Crippen MR) is 105 cm³/mol. The van der Waals surface area contributed by atoms with Crippen molar-refractivity contribution in [3.05, 3.63) is 41.0 Å². The van der Waals surface area contributed by atoms with Crippen molar-refractivity contribution in [1.82, 2.24) is 0 Å². The number of rotatable bonds is 3. The van der Waals surface area contributed by atoms with Crippen LogP contribution in [0.15, 0.2) is 24.3 Å². The molecule has 2 aromatic carbocycles. The van der Waals surface area contributed by atoms with Crippen molar-refractivity contribution < 1.29 is 55.4 Å². The number of phenols is 4. The number of fused-ring (bicyclic) bond motifs is 1. The zero-order valence-electron chi connectivity index (χ0n) is 16.6. The van der Waals surface area contributed by atoms with Crippen LogP contribution < -0.4 is 4.74 Å². The molecule has 0 amide bonds. The average molecular weight is 452 g/mol. The normalized spacial score (nSPS) is 32.2. The van der Waals surface area contributed by atoms with E-state index < -0.39 is 66.6 Å². The van der Waals surface area contributed by atoms with E-state index in [9.17, 15) is 46.0 Å². The van der Waals surface area contributed by atoms with E-state index in [1.165, 1.54) is 18.2 Å². The quantitative estimate of drug-likeness (QED) is 0.260. The molecule has 2 aliphatic rings. The molecule has 2 unspecified atom stereocenters. The Labute approximate surface area is 181 Å². The lowest BCUT2D eigenvalue weighted by atomic mass is 9.86. The first-order chi connectivity index (χ1) is 15.1. The summed E-state index contributed by atoms with van der Waals surface area (Å²) >= 11 is 0. The number of ether oxygens (including phenoxy) is 2. The number of benzene rings is 2. The van der Waals surface area contributed by atoms with Crippen LogP contribution in [0.5, 0.6) is 28.7 Å². The van der Waals surface area contributed by atoms with Gasteiger partial charge in [-0.25, -0.2) is 0 Å². The lowest BCUT2D eigenvalue weighted by Crippen LogP contribution is -2.55. The lowest BCUT2D eigenvalue weighted by molar-refractivity contribution is -0.232. The standard InChI is InChI=1S/C21H24O11/c22-6-14-16(28)17(29)18(30)21(31-14)15-12(26)5-10(24)8-4-13(27)19(32-20(8)15)7-1-2-9(23)11(25)3-7/h1-3,5,13-14,16-19,21-30H,4,6H2/t13-,14?,16+,17+,18?,19-,21+/m1/s1. The summed E-state index contributed by atoms with van der Waals surface area (Å²) in [6.07, 6.45) is -10.2. The van der Waals surface area contributed by atoms with Crippen molar-refractivity contribution in [1.29, 1.82) is 0 Å². The van der Waals surface area contributed by atoms with Gasteiger partial charge in [-0.05, 0) is 17.7 Å². The highest BCUT2D eigenvalue weighted by Gasteiger charge is 2.47. The molecule has 9 N–H and O–H groups in total. The van der Waals surface area contributed by atoms with Gasteiger partial charge in [0, 0.05) is 18.1 Å². The van der Waals surface area contributed by atoms with E-state index in [0.29, 0.717) is 0 Å². The molecule has 1 saturated heterocycles. The summed E-state index contributed by atoms with van der Waals surface area (Å²) in [7, 11) is 0. The first kappa shape index (κ1) is 22.4. The molecule has 2 aliphatic heterocycles. The summed E-state index contributed by atoms with van der Waals surface area (Å²) in [5.74, 6) is -1.89. The molecule has 11 nitrogen and oxygen atoms in total. The second kappa shape index (κ2) is 8.28. The molecule has 0 bridgehead atoms. The highest BCUT2D eigenvalue weighted by molar-refractivity contribution is 5.59. The van der Waals surface area contributed by atoms with Crippen LogP contribution in [0.4, 0.5) is 0 Å². The summed E-state index contributed by atoms with van der Waals surface area (Å²) in [4.78, 5) is 0. The number of aliphatic hydroxyl groups is 5. The lowest BCUT2D eigenvalue weighted by Gasteiger charge is -2.42. The van der Waals surface area contributed by atoms with Crippen molar-refractivity contribution in [2.45, 2.75) is 49.1 Å². The van der Waals surface area contributed by atoms with E-state index in [1.54, 1.807) is 0 Å². The third-order valence-corrected chi connectivity index (χ3v) is 5.89. The maximum atomic E-state index is 10.6. The van der Waals surface area contributed by atoms with Crippen LogP contribution >= 0.6 is 0 Å². The first-order valence-electron chi connectivity index (χ1n) is 9.88. The van der Waals surface area contributed by atoms with Crippen molar-refractivity contribution in [2.24, 2.45) is 0 Å². The molecule has 0 saturated carbocycles. The van der Waals surface area contributed by atoms with Crippen molar-refractivity contribution in [3.8, 4) is 28.7 Å². The zero-order valence-corrected chi connectivity index (χ0v) is 16.6. The molecule has 0 spiro atoms. The Balaban J connectivity index is 1.80. The van der Waals surface area contributed by atoms with Gasteiger partial charge >= 0.3 is 0 Å². The van der Waals surface area contributed by atoms with Gasteiger partial charge in [0.05, 0.1) is 18.3 Å². The van der Waals surface area contributed by atoms with Crippen LogP contribution in [0.1, 0.15) is 28.9 Å². The largest absolute Gasteiger partial charge is 0.507 e. The third-order valence-electron chi connectivity index (χ3n) is 5.89. The number of hydrogen-bond acceptors (Lipinski definition) is 11. The van der Waals surface area contributed by atoms with E-state index in [0.717, 1.165) is 6.07 Å². The minimum atomic E-state index is -1.72. The summed E-state index contributed by atoms with van der Waals surface area (Å²) < 4.78 is 11.4. The van der Waals surface area contributed by atoms with E-state index in [2.05, 4.69) is 0 Å². The third kappa shape index (κ3) is 3.58. The summed E-state index contributed by atoms with van der Waals surface area (Å²) in [5, 5.41) is 91.0.